The molecule has 24 heavy (non-hydrogen) atoms. The topological polar surface area (TPSA) is 0 Å². The van der Waals surface area contributed by atoms with Crippen molar-refractivity contribution in [2.75, 3.05) is 0 Å². The first-order chi connectivity index (χ1) is 11.7. The SMILES string of the molecule is CC1CCC(/C=C/C2CCC(/C=C/C3CCC(Cl)CC3)CC2)CC1. The monoisotopic (exact) mass is 348 g/mol. The van der Waals surface area contributed by atoms with E-state index in [4.69, 9.17) is 11.6 Å². The standard InChI is InChI=1S/C23H37Cl/c1-18-2-4-19(5-3-18)6-7-20-8-10-21(11-9-20)12-13-22-14-16-23(24)17-15-22/h6-7,12-13,18-23H,2-5,8-11,14-17H2,1H3/b7-6+,13-12+. The Morgan fingerprint density at radius 1 is 0.500 bits per heavy atom. The second kappa shape index (κ2) is 9.46. The van der Waals surface area contributed by atoms with Crippen LogP contribution in [-0.4, -0.2) is 5.38 Å². The zero-order valence-corrected chi connectivity index (χ0v) is 16.4. The molecule has 0 N–H and O–H groups in total. The van der Waals surface area contributed by atoms with Gasteiger partial charge in [0.2, 0.25) is 0 Å². The number of halogens is 1. The van der Waals surface area contributed by atoms with E-state index in [1.807, 2.05) is 0 Å². The molecule has 0 atom stereocenters. The van der Waals surface area contributed by atoms with Crippen LogP contribution in [0, 0.1) is 29.6 Å². The second-order valence-corrected chi connectivity index (χ2v) is 9.59. The molecule has 0 amide bonds. The lowest BCUT2D eigenvalue weighted by atomic mass is 9.79. The molecule has 0 spiro atoms. The minimum Gasteiger partial charge on any atom is -0.123 e. The lowest BCUT2D eigenvalue weighted by Gasteiger charge is -2.27. The van der Waals surface area contributed by atoms with Crippen LogP contribution in [0.5, 0.6) is 0 Å². The average Bonchev–Trinajstić information content (AvgIpc) is 2.62. The molecule has 0 aromatic rings. The first-order valence-electron chi connectivity index (χ1n) is 10.7. The maximum absolute atomic E-state index is 6.21. The quantitative estimate of drug-likeness (QED) is 0.363. The highest BCUT2D eigenvalue weighted by atomic mass is 35.5. The van der Waals surface area contributed by atoms with Gasteiger partial charge in [-0.3, -0.25) is 0 Å². The number of hydrogen-bond donors (Lipinski definition) is 0. The molecule has 0 radical (unpaired) electrons. The van der Waals surface area contributed by atoms with Gasteiger partial charge in [-0.05, 0) is 93.8 Å². The van der Waals surface area contributed by atoms with Crippen molar-refractivity contribution < 1.29 is 0 Å². The summed E-state index contributed by atoms with van der Waals surface area (Å²) in [5.41, 5.74) is 0. The van der Waals surface area contributed by atoms with E-state index in [1.165, 1.54) is 77.0 Å². The third-order valence-electron chi connectivity index (χ3n) is 6.89. The van der Waals surface area contributed by atoms with Crippen molar-refractivity contribution in [2.24, 2.45) is 29.6 Å². The number of rotatable bonds is 4. The van der Waals surface area contributed by atoms with Crippen LogP contribution in [0.2, 0.25) is 0 Å². The summed E-state index contributed by atoms with van der Waals surface area (Å²) in [4.78, 5) is 0. The molecule has 3 rings (SSSR count). The molecule has 3 aliphatic carbocycles. The summed E-state index contributed by atoms with van der Waals surface area (Å²) in [6.45, 7) is 2.41. The number of alkyl halides is 1. The Morgan fingerprint density at radius 2 is 0.792 bits per heavy atom. The highest BCUT2D eigenvalue weighted by Crippen LogP contribution is 2.34. The smallest absolute Gasteiger partial charge is 0.0336 e. The van der Waals surface area contributed by atoms with Gasteiger partial charge >= 0.3 is 0 Å². The van der Waals surface area contributed by atoms with Gasteiger partial charge in [-0.25, -0.2) is 0 Å². The van der Waals surface area contributed by atoms with Gasteiger partial charge in [0.05, 0.1) is 0 Å². The van der Waals surface area contributed by atoms with E-state index in [-0.39, 0.29) is 0 Å². The minimum atomic E-state index is 0.448. The molecule has 0 saturated heterocycles. The fraction of sp³-hybridized carbons (Fsp3) is 0.826. The summed E-state index contributed by atoms with van der Waals surface area (Å²) in [5, 5.41) is 0.448. The summed E-state index contributed by atoms with van der Waals surface area (Å²) in [7, 11) is 0. The molecule has 0 aliphatic heterocycles. The molecule has 136 valence electrons. The van der Waals surface area contributed by atoms with Crippen molar-refractivity contribution >= 4 is 11.6 Å². The average molecular weight is 349 g/mol. The molecule has 0 nitrogen and oxygen atoms in total. The number of hydrogen-bond acceptors (Lipinski definition) is 0. The Bertz CT molecular complexity index is 360. The molecular weight excluding hydrogens is 312 g/mol. The van der Waals surface area contributed by atoms with Crippen molar-refractivity contribution in [3.63, 3.8) is 0 Å². The van der Waals surface area contributed by atoms with E-state index >= 15 is 0 Å². The third kappa shape index (κ3) is 5.94. The molecular formula is C23H37Cl. The van der Waals surface area contributed by atoms with Crippen LogP contribution < -0.4 is 0 Å². The van der Waals surface area contributed by atoms with Gasteiger partial charge < -0.3 is 0 Å². The van der Waals surface area contributed by atoms with Crippen LogP contribution in [-0.2, 0) is 0 Å². The van der Waals surface area contributed by atoms with Gasteiger partial charge in [-0.15, -0.1) is 11.6 Å². The molecule has 0 aromatic carbocycles. The van der Waals surface area contributed by atoms with Crippen LogP contribution in [0.15, 0.2) is 24.3 Å². The molecule has 3 saturated carbocycles. The van der Waals surface area contributed by atoms with E-state index in [1.54, 1.807) is 0 Å². The highest BCUT2D eigenvalue weighted by molar-refractivity contribution is 6.20. The van der Waals surface area contributed by atoms with E-state index in [9.17, 15) is 0 Å². The maximum Gasteiger partial charge on any atom is 0.0336 e. The van der Waals surface area contributed by atoms with Gasteiger partial charge in [0.15, 0.2) is 0 Å². The Balaban J connectivity index is 1.35. The largest absolute Gasteiger partial charge is 0.123 e. The molecule has 0 heterocycles. The highest BCUT2D eigenvalue weighted by Gasteiger charge is 2.21. The first kappa shape index (κ1) is 18.6. The molecule has 0 unspecified atom stereocenters. The summed E-state index contributed by atoms with van der Waals surface area (Å²) < 4.78 is 0. The van der Waals surface area contributed by atoms with Gasteiger partial charge in [0.25, 0.3) is 0 Å². The Hall–Kier alpha value is -0.230. The van der Waals surface area contributed by atoms with Gasteiger partial charge in [0.1, 0.15) is 0 Å². The van der Waals surface area contributed by atoms with Crippen LogP contribution in [0.25, 0.3) is 0 Å². The van der Waals surface area contributed by atoms with Crippen molar-refractivity contribution in [3.05, 3.63) is 24.3 Å². The molecule has 1 heteroatoms. The third-order valence-corrected chi connectivity index (χ3v) is 7.33. The van der Waals surface area contributed by atoms with Crippen molar-refractivity contribution in [2.45, 2.75) is 89.4 Å². The minimum absolute atomic E-state index is 0.448. The zero-order chi connectivity index (χ0) is 16.8. The van der Waals surface area contributed by atoms with Crippen LogP contribution >= 0.6 is 11.6 Å². The van der Waals surface area contributed by atoms with Crippen molar-refractivity contribution in [1.29, 1.82) is 0 Å². The summed E-state index contributed by atoms with van der Waals surface area (Å²) in [5.74, 6) is 4.37. The molecule has 0 bridgehead atoms. The maximum atomic E-state index is 6.21. The number of allylic oxidation sites excluding steroid dienone is 4. The molecule has 3 fully saturated rings. The van der Waals surface area contributed by atoms with Gasteiger partial charge in [0, 0.05) is 5.38 Å². The van der Waals surface area contributed by atoms with Crippen LogP contribution in [0.1, 0.15) is 84.0 Å². The van der Waals surface area contributed by atoms with E-state index in [0.717, 1.165) is 29.6 Å². The fourth-order valence-corrected chi connectivity index (χ4v) is 5.16. The van der Waals surface area contributed by atoms with Crippen molar-refractivity contribution in [1.82, 2.24) is 0 Å². The fourth-order valence-electron chi connectivity index (χ4n) is 4.91. The Kier molecular flexibility index (Phi) is 7.32. The van der Waals surface area contributed by atoms with Crippen LogP contribution in [0.4, 0.5) is 0 Å². The first-order valence-corrected chi connectivity index (χ1v) is 11.1. The van der Waals surface area contributed by atoms with Crippen molar-refractivity contribution in [3.8, 4) is 0 Å². The summed E-state index contributed by atoms with van der Waals surface area (Å²) in [6, 6.07) is 0. The van der Waals surface area contributed by atoms with E-state index < -0.39 is 0 Å². The van der Waals surface area contributed by atoms with Crippen LogP contribution in [0.3, 0.4) is 0 Å². The summed E-state index contributed by atoms with van der Waals surface area (Å²) in [6.07, 6.45) is 26.7. The lowest BCUT2D eigenvalue weighted by Crippen LogP contribution is -2.15. The summed E-state index contributed by atoms with van der Waals surface area (Å²) >= 11 is 6.21. The Labute approximate surface area is 155 Å². The lowest BCUT2D eigenvalue weighted by molar-refractivity contribution is 0.324. The van der Waals surface area contributed by atoms with Gasteiger partial charge in [-0.2, -0.15) is 0 Å². The second-order valence-electron chi connectivity index (χ2n) is 8.98. The predicted octanol–water partition coefficient (Wildman–Crippen LogP) is 7.53. The van der Waals surface area contributed by atoms with E-state index in [2.05, 4.69) is 31.2 Å². The molecule has 3 aliphatic rings. The predicted molar refractivity (Wildman–Crippen MR) is 106 cm³/mol. The molecule has 0 aromatic heterocycles. The van der Waals surface area contributed by atoms with E-state index in [0.29, 0.717) is 5.38 Å². The zero-order valence-electron chi connectivity index (χ0n) is 15.6. The van der Waals surface area contributed by atoms with Gasteiger partial charge in [-0.1, -0.05) is 44.1 Å². The normalized spacial score (nSPS) is 41.9. The Morgan fingerprint density at radius 3 is 1.17 bits per heavy atom.